The monoisotopic (exact) mass is 231 g/mol. The zero-order chi connectivity index (χ0) is 11.0. The van der Waals surface area contributed by atoms with E-state index in [0.717, 1.165) is 21.9 Å². The standard InChI is InChI=1S/C10H9N5S/c11-4-7-3-8(14-13-5-7)9-6-12-10-15(9)1-2-16-10/h1-3,5-6H,4,11H2. The Balaban J connectivity index is 2.19. The van der Waals surface area contributed by atoms with E-state index >= 15 is 0 Å². The smallest absolute Gasteiger partial charge is 0.194 e. The summed E-state index contributed by atoms with van der Waals surface area (Å²) in [6.07, 6.45) is 5.45. The Labute approximate surface area is 95.6 Å². The van der Waals surface area contributed by atoms with E-state index < -0.39 is 0 Å². The fraction of sp³-hybridized carbons (Fsp3) is 0.100. The second kappa shape index (κ2) is 3.66. The molecule has 0 aliphatic carbocycles. The molecule has 6 heteroatoms. The highest BCUT2D eigenvalue weighted by molar-refractivity contribution is 7.15. The Morgan fingerprint density at radius 1 is 1.38 bits per heavy atom. The highest BCUT2D eigenvalue weighted by Crippen LogP contribution is 2.21. The average Bonchev–Trinajstić information content (AvgIpc) is 2.90. The molecular formula is C10H9N5S. The zero-order valence-corrected chi connectivity index (χ0v) is 9.18. The molecule has 0 saturated heterocycles. The van der Waals surface area contributed by atoms with Crippen LogP contribution in [0.5, 0.6) is 0 Å². The summed E-state index contributed by atoms with van der Waals surface area (Å²) in [5.74, 6) is 0. The zero-order valence-electron chi connectivity index (χ0n) is 8.37. The Kier molecular flexibility index (Phi) is 2.16. The second-order valence-corrected chi connectivity index (χ2v) is 4.23. The summed E-state index contributed by atoms with van der Waals surface area (Å²) in [5.41, 5.74) is 8.29. The normalized spacial score (nSPS) is 11.1. The van der Waals surface area contributed by atoms with E-state index in [9.17, 15) is 0 Å². The Hall–Kier alpha value is -1.79. The number of nitrogens with two attached hydrogens (primary N) is 1. The first kappa shape index (κ1) is 9.44. The molecule has 0 saturated carbocycles. The molecule has 0 spiro atoms. The maximum absolute atomic E-state index is 5.58. The predicted molar refractivity (Wildman–Crippen MR) is 62.0 cm³/mol. The third kappa shape index (κ3) is 1.39. The van der Waals surface area contributed by atoms with Crippen LogP contribution in [0.25, 0.3) is 16.3 Å². The number of hydrogen-bond acceptors (Lipinski definition) is 5. The van der Waals surface area contributed by atoms with Gasteiger partial charge in [-0.2, -0.15) is 5.10 Å². The van der Waals surface area contributed by atoms with Crippen LogP contribution in [0.4, 0.5) is 0 Å². The van der Waals surface area contributed by atoms with Gasteiger partial charge in [-0.25, -0.2) is 4.98 Å². The first-order valence-electron chi connectivity index (χ1n) is 4.81. The summed E-state index contributed by atoms with van der Waals surface area (Å²) < 4.78 is 2.00. The lowest BCUT2D eigenvalue weighted by atomic mass is 10.2. The van der Waals surface area contributed by atoms with Crippen molar-refractivity contribution < 1.29 is 0 Å². The van der Waals surface area contributed by atoms with E-state index in [1.165, 1.54) is 0 Å². The first-order valence-corrected chi connectivity index (χ1v) is 5.69. The van der Waals surface area contributed by atoms with Crippen LogP contribution in [-0.2, 0) is 6.54 Å². The molecule has 3 rings (SSSR count). The second-order valence-electron chi connectivity index (χ2n) is 3.35. The van der Waals surface area contributed by atoms with Crippen molar-refractivity contribution in [3.8, 4) is 11.4 Å². The summed E-state index contributed by atoms with van der Waals surface area (Å²) in [7, 11) is 0. The molecule has 0 bridgehead atoms. The maximum Gasteiger partial charge on any atom is 0.194 e. The Morgan fingerprint density at radius 2 is 2.31 bits per heavy atom. The van der Waals surface area contributed by atoms with Gasteiger partial charge in [-0.05, 0) is 11.6 Å². The van der Waals surface area contributed by atoms with Crippen LogP contribution >= 0.6 is 11.3 Å². The third-order valence-electron chi connectivity index (χ3n) is 2.36. The van der Waals surface area contributed by atoms with Crippen molar-refractivity contribution in [1.82, 2.24) is 19.6 Å². The van der Waals surface area contributed by atoms with E-state index in [4.69, 9.17) is 5.73 Å². The van der Waals surface area contributed by atoms with Gasteiger partial charge in [0.25, 0.3) is 0 Å². The van der Waals surface area contributed by atoms with E-state index in [0.29, 0.717) is 6.54 Å². The minimum atomic E-state index is 0.466. The molecule has 0 aliphatic heterocycles. The largest absolute Gasteiger partial charge is 0.326 e. The van der Waals surface area contributed by atoms with Gasteiger partial charge in [0.1, 0.15) is 5.69 Å². The molecule has 3 aromatic heterocycles. The highest BCUT2D eigenvalue weighted by Gasteiger charge is 2.08. The molecule has 0 amide bonds. The SMILES string of the molecule is NCc1cnnc(-c2cnc3sccn23)c1. The number of hydrogen-bond donors (Lipinski definition) is 1. The summed E-state index contributed by atoms with van der Waals surface area (Å²) in [4.78, 5) is 5.25. The molecule has 0 aliphatic rings. The lowest BCUT2D eigenvalue weighted by Gasteiger charge is -1.99. The fourth-order valence-corrected chi connectivity index (χ4v) is 2.25. The van der Waals surface area contributed by atoms with E-state index in [2.05, 4.69) is 15.2 Å². The number of thiazole rings is 1. The van der Waals surface area contributed by atoms with E-state index in [1.807, 2.05) is 22.0 Å². The molecule has 3 heterocycles. The minimum absolute atomic E-state index is 0.466. The van der Waals surface area contributed by atoms with Crippen molar-refractivity contribution >= 4 is 16.3 Å². The van der Waals surface area contributed by atoms with Gasteiger partial charge >= 0.3 is 0 Å². The molecule has 3 aromatic rings. The number of aromatic nitrogens is 4. The van der Waals surface area contributed by atoms with Crippen molar-refractivity contribution in [2.24, 2.45) is 5.73 Å². The molecule has 2 N–H and O–H groups in total. The summed E-state index contributed by atoms with van der Waals surface area (Å²) in [5, 5.41) is 10.0. The predicted octanol–water partition coefficient (Wildman–Crippen LogP) is 1.31. The Morgan fingerprint density at radius 3 is 3.19 bits per heavy atom. The van der Waals surface area contributed by atoms with Crippen LogP contribution in [-0.4, -0.2) is 19.6 Å². The van der Waals surface area contributed by atoms with Gasteiger partial charge in [0, 0.05) is 18.1 Å². The minimum Gasteiger partial charge on any atom is -0.326 e. The molecular weight excluding hydrogens is 222 g/mol. The summed E-state index contributed by atoms with van der Waals surface area (Å²) >= 11 is 1.59. The van der Waals surface area contributed by atoms with Crippen LogP contribution in [0.15, 0.2) is 30.0 Å². The van der Waals surface area contributed by atoms with Gasteiger partial charge < -0.3 is 5.73 Å². The highest BCUT2D eigenvalue weighted by atomic mass is 32.1. The summed E-state index contributed by atoms with van der Waals surface area (Å²) in [6.45, 7) is 0.466. The molecule has 0 aromatic carbocycles. The van der Waals surface area contributed by atoms with Crippen molar-refractivity contribution in [3.63, 3.8) is 0 Å². The van der Waals surface area contributed by atoms with Gasteiger partial charge in [0.15, 0.2) is 4.96 Å². The summed E-state index contributed by atoms with van der Waals surface area (Å²) in [6, 6.07) is 1.94. The van der Waals surface area contributed by atoms with Gasteiger partial charge in [-0.1, -0.05) is 0 Å². The lowest BCUT2D eigenvalue weighted by molar-refractivity contribution is 0.965. The van der Waals surface area contributed by atoms with Gasteiger partial charge in [0.2, 0.25) is 0 Å². The molecule has 80 valence electrons. The van der Waals surface area contributed by atoms with E-state index in [-0.39, 0.29) is 0 Å². The average molecular weight is 231 g/mol. The van der Waals surface area contributed by atoms with E-state index in [1.54, 1.807) is 23.7 Å². The van der Waals surface area contributed by atoms with Crippen LogP contribution < -0.4 is 5.73 Å². The van der Waals surface area contributed by atoms with Crippen molar-refractivity contribution in [2.75, 3.05) is 0 Å². The van der Waals surface area contributed by atoms with Gasteiger partial charge in [0.05, 0.1) is 18.1 Å². The number of nitrogens with zero attached hydrogens (tertiary/aromatic N) is 4. The quantitative estimate of drug-likeness (QED) is 0.722. The molecule has 5 nitrogen and oxygen atoms in total. The number of imidazole rings is 1. The molecule has 0 atom stereocenters. The van der Waals surface area contributed by atoms with Crippen LogP contribution in [0.2, 0.25) is 0 Å². The lowest BCUT2D eigenvalue weighted by Crippen LogP contribution is -1.99. The fourth-order valence-electron chi connectivity index (χ4n) is 1.56. The van der Waals surface area contributed by atoms with Gasteiger partial charge in [-0.3, -0.25) is 4.40 Å². The number of fused-ring (bicyclic) bond motifs is 1. The third-order valence-corrected chi connectivity index (χ3v) is 3.13. The van der Waals surface area contributed by atoms with Gasteiger partial charge in [-0.15, -0.1) is 16.4 Å². The number of rotatable bonds is 2. The Bertz CT molecular complexity index is 627. The molecule has 0 fully saturated rings. The molecule has 16 heavy (non-hydrogen) atoms. The van der Waals surface area contributed by atoms with Crippen molar-refractivity contribution in [2.45, 2.75) is 6.54 Å². The van der Waals surface area contributed by atoms with Crippen LogP contribution in [0.3, 0.4) is 0 Å². The topological polar surface area (TPSA) is 69.1 Å². The van der Waals surface area contributed by atoms with Crippen LogP contribution in [0, 0.1) is 0 Å². The molecule has 0 unspecified atom stereocenters. The van der Waals surface area contributed by atoms with Crippen molar-refractivity contribution in [3.05, 3.63) is 35.6 Å². The van der Waals surface area contributed by atoms with Crippen LogP contribution in [0.1, 0.15) is 5.56 Å². The molecule has 0 radical (unpaired) electrons. The first-order chi connectivity index (χ1) is 7.88. The maximum atomic E-state index is 5.58. The van der Waals surface area contributed by atoms with Crippen molar-refractivity contribution in [1.29, 1.82) is 0 Å².